The van der Waals surface area contributed by atoms with Gasteiger partial charge < -0.3 is 24.7 Å². The van der Waals surface area contributed by atoms with Gasteiger partial charge in [0.25, 0.3) is 5.91 Å². The van der Waals surface area contributed by atoms with Gasteiger partial charge in [-0.2, -0.15) is 0 Å². The molecule has 0 aliphatic rings. The fourth-order valence-corrected chi connectivity index (χ4v) is 2.84. The SMILES string of the molecule is COc1cccc(CN(C)CCN(C)/C(=C/c2cccc(O)c2O)C(=O)NN)c1. The molecule has 2 rings (SSSR count). The number of aromatic hydroxyl groups is 2. The topological polar surface area (TPSA) is 111 Å². The van der Waals surface area contributed by atoms with Gasteiger partial charge in [0, 0.05) is 32.2 Å². The lowest BCUT2D eigenvalue weighted by atomic mass is 10.1. The van der Waals surface area contributed by atoms with E-state index in [1.165, 1.54) is 12.1 Å². The third-order valence-corrected chi connectivity index (χ3v) is 4.52. The number of likely N-dealkylation sites (N-methyl/N-ethyl adjacent to an activating group) is 2. The zero-order valence-corrected chi connectivity index (χ0v) is 16.9. The van der Waals surface area contributed by atoms with Crippen molar-refractivity contribution in [2.45, 2.75) is 6.54 Å². The van der Waals surface area contributed by atoms with E-state index in [0.717, 1.165) is 17.9 Å². The molecule has 0 aromatic heterocycles. The molecule has 29 heavy (non-hydrogen) atoms. The predicted molar refractivity (Wildman–Crippen MR) is 112 cm³/mol. The molecule has 0 heterocycles. The van der Waals surface area contributed by atoms with Gasteiger partial charge in [-0.25, -0.2) is 5.84 Å². The largest absolute Gasteiger partial charge is 0.504 e. The Morgan fingerprint density at radius 3 is 2.59 bits per heavy atom. The number of benzene rings is 2. The molecule has 8 nitrogen and oxygen atoms in total. The highest BCUT2D eigenvalue weighted by Crippen LogP contribution is 2.30. The molecule has 0 spiro atoms. The molecule has 8 heteroatoms. The number of ether oxygens (including phenoxy) is 1. The average Bonchev–Trinajstić information content (AvgIpc) is 2.72. The summed E-state index contributed by atoms with van der Waals surface area (Å²) in [4.78, 5) is 16.1. The van der Waals surface area contributed by atoms with Gasteiger partial charge in [0.1, 0.15) is 11.4 Å². The molecule has 2 aromatic carbocycles. The van der Waals surface area contributed by atoms with E-state index in [-0.39, 0.29) is 17.2 Å². The van der Waals surface area contributed by atoms with Crippen molar-refractivity contribution in [2.75, 3.05) is 34.3 Å². The Hall–Kier alpha value is -3.23. The number of carbonyl (C=O) groups is 1. The molecule has 5 N–H and O–H groups in total. The molecule has 0 radical (unpaired) electrons. The number of hydrogen-bond acceptors (Lipinski definition) is 7. The van der Waals surface area contributed by atoms with Crippen molar-refractivity contribution < 1.29 is 19.7 Å². The summed E-state index contributed by atoms with van der Waals surface area (Å²) in [5, 5.41) is 19.7. The monoisotopic (exact) mass is 400 g/mol. The number of hydrogen-bond donors (Lipinski definition) is 4. The lowest BCUT2D eigenvalue weighted by Gasteiger charge is -2.25. The van der Waals surface area contributed by atoms with Gasteiger partial charge in [-0.3, -0.25) is 10.2 Å². The van der Waals surface area contributed by atoms with Crippen LogP contribution in [0.25, 0.3) is 6.08 Å². The number of rotatable bonds is 9. The summed E-state index contributed by atoms with van der Waals surface area (Å²) < 4.78 is 5.25. The highest BCUT2D eigenvalue weighted by atomic mass is 16.5. The molecule has 1 amide bonds. The first-order chi connectivity index (χ1) is 13.8. The van der Waals surface area contributed by atoms with Gasteiger partial charge >= 0.3 is 0 Å². The van der Waals surface area contributed by atoms with Crippen LogP contribution in [-0.4, -0.2) is 60.2 Å². The first kappa shape index (κ1) is 22.1. The number of hydrazine groups is 1. The fourth-order valence-electron chi connectivity index (χ4n) is 2.84. The van der Waals surface area contributed by atoms with Crippen LogP contribution >= 0.6 is 0 Å². The van der Waals surface area contributed by atoms with Gasteiger partial charge in [0.2, 0.25) is 0 Å². The fraction of sp³-hybridized carbons (Fsp3) is 0.286. The maximum absolute atomic E-state index is 12.2. The van der Waals surface area contributed by atoms with Crippen molar-refractivity contribution in [1.82, 2.24) is 15.2 Å². The van der Waals surface area contributed by atoms with Crippen LogP contribution in [0.4, 0.5) is 0 Å². The Kier molecular flexibility index (Phi) is 7.88. The third kappa shape index (κ3) is 6.13. The predicted octanol–water partition coefficient (Wildman–Crippen LogP) is 1.50. The zero-order chi connectivity index (χ0) is 21.4. The van der Waals surface area contributed by atoms with Gasteiger partial charge in [-0.15, -0.1) is 0 Å². The van der Waals surface area contributed by atoms with Crippen LogP contribution in [0.5, 0.6) is 17.2 Å². The minimum Gasteiger partial charge on any atom is -0.504 e. The maximum Gasteiger partial charge on any atom is 0.281 e. The highest BCUT2D eigenvalue weighted by Gasteiger charge is 2.16. The van der Waals surface area contributed by atoms with Gasteiger partial charge in [0.05, 0.1) is 7.11 Å². The summed E-state index contributed by atoms with van der Waals surface area (Å²) in [6, 6.07) is 12.4. The number of para-hydroxylation sites is 1. The van der Waals surface area contributed by atoms with Gasteiger partial charge in [0.15, 0.2) is 11.5 Å². The Balaban J connectivity index is 2.07. The minimum absolute atomic E-state index is 0.257. The molecular formula is C21H28N4O4. The van der Waals surface area contributed by atoms with Crippen molar-refractivity contribution in [3.63, 3.8) is 0 Å². The van der Waals surface area contributed by atoms with Crippen LogP contribution in [0.1, 0.15) is 11.1 Å². The molecule has 0 unspecified atom stereocenters. The molecule has 0 atom stereocenters. The van der Waals surface area contributed by atoms with Crippen LogP contribution in [0.15, 0.2) is 48.2 Å². The number of nitrogens with two attached hydrogens (primary N) is 1. The van der Waals surface area contributed by atoms with Crippen molar-refractivity contribution in [3.05, 3.63) is 59.3 Å². The van der Waals surface area contributed by atoms with Gasteiger partial charge in [-0.05, 0) is 36.9 Å². The Bertz CT molecular complexity index is 870. The molecule has 2 aromatic rings. The van der Waals surface area contributed by atoms with Crippen LogP contribution in [0.3, 0.4) is 0 Å². The first-order valence-electron chi connectivity index (χ1n) is 9.12. The second kappa shape index (κ2) is 10.4. The van der Waals surface area contributed by atoms with Crippen LogP contribution in [0, 0.1) is 0 Å². The van der Waals surface area contributed by atoms with E-state index in [1.807, 2.05) is 31.3 Å². The maximum atomic E-state index is 12.2. The van der Waals surface area contributed by atoms with E-state index < -0.39 is 5.91 Å². The summed E-state index contributed by atoms with van der Waals surface area (Å²) in [5.41, 5.74) is 3.83. The Labute approximate surface area is 170 Å². The standard InChI is InChI=1S/C21H28N4O4/c1-24(14-15-6-4-8-17(12-15)29-3)10-11-25(2)18(21(28)23-22)13-16-7-5-9-19(26)20(16)27/h4-9,12-13,26-27H,10-11,14,22H2,1-3H3,(H,23,28)/b18-13+. The summed E-state index contributed by atoms with van der Waals surface area (Å²) in [5.74, 6) is 5.08. The molecule has 0 bridgehead atoms. The summed E-state index contributed by atoms with van der Waals surface area (Å²) in [7, 11) is 5.39. The molecule has 0 fully saturated rings. The molecule has 0 aliphatic heterocycles. The number of methoxy groups -OCH3 is 1. The zero-order valence-electron chi connectivity index (χ0n) is 16.9. The summed E-state index contributed by atoms with van der Waals surface area (Å²) >= 11 is 0. The van der Waals surface area contributed by atoms with Crippen molar-refractivity contribution in [2.24, 2.45) is 5.84 Å². The quantitative estimate of drug-likeness (QED) is 0.166. The van der Waals surface area contributed by atoms with E-state index in [1.54, 1.807) is 31.2 Å². The van der Waals surface area contributed by atoms with Crippen LogP contribution in [0.2, 0.25) is 0 Å². The second-order valence-electron chi connectivity index (χ2n) is 6.73. The highest BCUT2D eigenvalue weighted by molar-refractivity contribution is 5.97. The normalized spacial score (nSPS) is 11.4. The lowest BCUT2D eigenvalue weighted by Crippen LogP contribution is -2.39. The smallest absolute Gasteiger partial charge is 0.281 e. The number of amides is 1. The molecule has 0 saturated carbocycles. The second-order valence-corrected chi connectivity index (χ2v) is 6.73. The molecular weight excluding hydrogens is 372 g/mol. The Morgan fingerprint density at radius 2 is 1.90 bits per heavy atom. The van der Waals surface area contributed by atoms with E-state index in [0.29, 0.717) is 18.7 Å². The van der Waals surface area contributed by atoms with Crippen LogP contribution in [-0.2, 0) is 11.3 Å². The summed E-state index contributed by atoms with van der Waals surface area (Å²) in [6.45, 7) is 1.94. The van der Waals surface area contributed by atoms with E-state index in [2.05, 4.69) is 10.3 Å². The van der Waals surface area contributed by atoms with E-state index in [4.69, 9.17) is 10.6 Å². The summed E-state index contributed by atoms with van der Waals surface area (Å²) in [6.07, 6.45) is 1.49. The van der Waals surface area contributed by atoms with Crippen molar-refractivity contribution in [1.29, 1.82) is 0 Å². The number of carbonyl (C=O) groups excluding carboxylic acids is 1. The van der Waals surface area contributed by atoms with Crippen LogP contribution < -0.4 is 16.0 Å². The van der Waals surface area contributed by atoms with Gasteiger partial charge in [-0.1, -0.05) is 24.3 Å². The molecule has 0 aliphatic carbocycles. The Morgan fingerprint density at radius 1 is 1.17 bits per heavy atom. The number of nitrogens with one attached hydrogen (secondary N) is 1. The van der Waals surface area contributed by atoms with Crippen molar-refractivity contribution >= 4 is 12.0 Å². The lowest BCUT2D eigenvalue weighted by molar-refractivity contribution is -0.118. The minimum atomic E-state index is -0.495. The number of phenolic OH excluding ortho intramolecular Hbond substituents is 2. The first-order valence-corrected chi connectivity index (χ1v) is 9.12. The van der Waals surface area contributed by atoms with Crippen molar-refractivity contribution in [3.8, 4) is 17.2 Å². The number of nitrogens with zero attached hydrogens (tertiary/aromatic N) is 2. The van der Waals surface area contributed by atoms with E-state index >= 15 is 0 Å². The number of phenols is 2. The molecule has 0 saturated heterocycles. The third-order valence-electron chi connectivity index (χ3n) is 4.52. The van der Waals surface area contributed by atoms with E-state index in [9.17, 15) is 15.0 Å². The molecule has 156 valence electrons. The average molecular weight is 400 g/mol.